The number of aromatic nitrogens is 2. The molecule has 1 aromatic heterocycles. The summed E-state index contributed by atoms with van der Waals surface area (Å²) in [5, 5.41) is 4.34. The smallest absolute Gasteiger partial charge is 0.149 e. The van der Waals surface area contributed by atoms with Crippen molar-refractivity contribution in [2.45, 2.75) is 0 Å². The molecule has 16 heavy (non-hydrogen) atoms. The highest BCUT2D eigenvalue weighted by atomic mass is 35.5. The second kappa shape index (κ2) is 4.19. The number of benzene rings is 1. The fourth-order valence-corrected chi connectivity index (χ4v) is 1.54. The number of halogens is 2. The molecule has 0 aliphatic carbocycles. The zero-order valence-electron chi connectivity index (χ0n) is 8.02. The van der Waals surface area contributed by atoms with Crippen LogP contribution in [-0.2, 0) is 0 Å². The van der Waals surface area contributed by atoms with Gasteiger partial charge in [0.15, 0.2) is 0 Å². The minimum atomic E-state index is -0.454. The van der Waals surface area contributed by atoms with E-state index in [0.717, 1.165) is 0 Å². The van der Waals surface area contributed by atoms with Crippen molar-refractivity contribution in [3.05, 3.63) is 47.0 Å². The van der Waals surface area contributed by atoms with Crippen LogP contribution < -0.4 is 5.73 Å². The standard InChI is InChI=1S/C10H7ClFN3S/c11-7-4-14-15(5-7)9-2-1-6(10(13)16)3-8(9)12/h1-5H,(H2,13,16). The lowest BCUT2D eigenvalue weighted by Crippen LogP contribution is -2.10. The van der Waals surface area contributed by atoms with Crippen LogP contribution in [0.3, 0.4) is 0 Å². The molecule has 0 saturated heterocycles. The number of nitrogens with zero attached hydrogens (tertiary/aromatic N) is 2. The van der Waals surface area contributed by atoms with Crippen LogP contribution in [0.2, 0.25) is 5.02 Å². The van der Waals surface area contributed by atoms with Gasteiger partial charge in [0.2, 0.25) is 0 Å². The van der Waals surface area contributed by atoms with E-state index in [-0.39, 0.29) is 4.99 Å². The van der Waals surface area contributed by atoms with Gasteiger partial charge in [-0.25, -0.2) is 9.07 Å². The lowest BCUT2D eigenvalue weighted by molar-refractivity contribution is 0.610. The van der Waals surface area contributed by atoms with Crippen molar-refractivity contribution in [2.24, 2.45) is 5.73 Å². The highest BCUT2D eigenvalue weighted by molar-refractivity contribution is 7.80. The lowest BCUT2D eigenvalue weighted by atomic mass is 10.2. The predicted octanol–water partition coefficient (Wildman–Crippen LogP) is 2.30. The van der Waals surface area contributed by atoms with Crippen molar-refractivity contribution >= 4 is 28.8 Å². The third kappa shape index (κ3) is 2.05. The number of rotatable bonds is 2. The Hall–Kier alpha value is -1.46. The summed E-state index contributed by atoms with van der Waals surface area (Å²) in [6, 6.07) is 4.46. The Morgan fingerprint density at radius 2 is 2.25 bits per heavy atom. The molecule has 1 heterocycles. The van der Waals surface area contributed by atoms with Gasteiger partial charge in [0.25, 0.3) is 0 Å². The Kier molecular flexibility index (Phi) is 2.89. The van der Waals surface area contributed by atoms with Gasteiger partial charge in [-0.05, 0) is 18.2 Å². The number of nitrogens with two attached hydrogens (primary N) is 1. The van der Waals surface area contributed by atoms with E-state index in [1.807, 2.05) is 0 Å². The van der Waals surface area contributed by atoms with Crippen LogP contribution in [0.4, 0.5) is 4.39 Å². The summed E-state index contributed by atoms with van der Waals surface area (Å²) >= 11 is 10.5. The van der Waals surface area contributed by atoms with E-state index < -0.39 is 5.82 Å². The molecule has 3 nitrogen and oxygen atoms in total. The summed E-state index contributed by atoms with van der Waals surface area (Å²) < 4.78 is 15.0. The van der Waals surface area contributed by atoms with Crippen LogP contribution in [0.15, 0.2) is 30.6 Å². The number of hydrogen-bond acceptors (Lipinski definition) is 2. The van der Waals surface area contributed by atoms with Crippen molar-refractivity contribution < 1.29 is 4.39 Å². The average Bonchev–Trinajstić information content (AvgIpc) is 2.64. The van der Waals surface area contributed by atoms with Gasteiger partial charge in [0, 0.05) is 11.8 Å². The zero-order chi connectivity index (χ0) is 11.7. The molecule has 0 fully saturated rings. The van der Waals surface area contributed by atoms with Crippen molar-refractivity contribution in [1.29, 1.82) is 0 Å². The average molecular weight is 256 g/mol. The fourth-order valence-electron chi connectivity index (χ4n) is 1.28. The number of hydrogen-bond donors (Lipinski definition) is 1. The second-order valence-corrected chi connectivity index (χ2v) is 4.01. The molecule has 1 aromatic carbocycles. The molecular weight excluding hydrogens is 249 g/mol. The van der Waals surface area contributed by atoms with Crippen LogP contribution >= 0.6 is 23.8 Å². The fraction of sp³-hybridized carbons (Fsp3) is 0. The third-order valence-corrected chi connectivity index (χ3v) is 2.46. The monoisotopic (exact) mass is 255 g/mol. The van der Waals surface area contributed by atoms with E-state index in [0.29, 0.717) is 16.3 Å². The summed E-state index contributed by atoms with van der Waals surface area (Å²) in [6.45, 7) is 0. The Morgan fingerprint density at radius 1 is 1.50 bits per heavy atom. The molecule has 82 valence electrons. The molecule has 0 aliphatic heterocycles. The first-order valence-electron chi connectivity index (χ1n) is 4.38. The largest absolute Gasteiger partial charge is 0.389 e. The molecule has 2 N–H and O–H groups in total. The summed E-state index contributed by atoms with van der Waals surface area (Å²) in [7, 11) is 0. The van der Waals surface area contributed by atoms with Gasteiger partial charge in [-0.1, -0.05) is 23.8 Å². The highest BCUT2D eigenvalue weighted by Gasteiger charge is 2.08. The summed E-state index contributed by atoms with van der Waals surface area (Å²) in [5.74, 6) is -0.454. The quantitative estimate of drug-likeness (QED) is 0.838. The normalized spacial score (nSPS) is 10.4. The molecular formula is C10H7ClFN3S. The SMILES string of the molecule is NC(=S)c1ccc(-n2cc(Cl)cn2)c(F)c1. The van der Waals surface area contributed by atoms with Gasteiger partial charge >= 0.3 is 0 Å². The van der Waals surface area contributed by atoms with E-state index in [1.165, 1.54) is 23.1 Å². The topological polar surface area (TPSA) is 43.8 Å². The zero-order valence-corrected chi connectivity index (χ0v) is 9.60. The van der Waals surface area contributed by atoms with Gasteiger partial charge in [-0.2, -0.15) is 5.10 Å². The first kappa shape index (κ1) is 11.0. The molecule has 0 unspecified atom stereocenters. The van der Waals surface area contributed by atoms with Crippen molar-refractivity contribution in [2.75, 3.05) is 0 Å². The molecule has 0 aliphatic rings. The molecule has 2 aromatic rings. The highest BCUT2D eigenvalue weighted by Crippen LogP contribution is 2.16. The van der Waals surface area contributed by atoms with E-state index in [2.05, 4.69) is 5.10 Å². The van der Waals surface area contributed by atoms with E-state index in [4.69, 9.17) is 29.6 Å². The molecule has 0 bridgehead atoms. The predicted molar refractivity (Wildman–Crippen MR) is 64.4 cm³/mol. The molecule has 0 radical (unpaired) electrons. The van der Waals surface area contributed by atoms with Crippen molar-refractivity contribution in [1.82, 2.24) is 9.78 Å². The Balaban J connectivity index is 2.47. The lowest BCUT2D eigenvalue weighted by Gasteiger charge is -2.04. The molecule has 0 saturated carbocycles. The van der Waals surface area contributed by atoms with E-state index in [9.17, 15) is 4.39 Å². The van der Waals surface area contributed by atoms with Crippen LogP contribution in [-0.4, -0.2) is 14.8 Å². The van der Waals surface area contributed by atoms with Crippen LogP contribution in [0.5, 0.6) is 0 Å². The maximum atomic E-state index is 13.7. The molecule has 0 amide bonds. The van der Waals surface area contributed by atoms with E-state index in [1.54, 1.807) is 12.1 Å². The minimum Gasteiger partial charge on any atom is -0.389 e. The first-order valence-corrected chi connectivity index (χ1v) is 5.16. The van der Waals surface area contributed by atoms with Gasteiger partial charge in [-0.3, -0.25) is 0 Å². The Labute approximate surface area is 102 Å². The van der Waals surface area contributed by atoms with Crippen LogP contribution in [0.25, 0.3) is 5.69 Å². The summed E-state index contributed by atoms with van der Waals surface area (Å²) in [5.41, 5.74) is 6.18. The maximum Gasteiger partial charge on any atom is 0.149 e. The Bertz CT molecular complexity index is 553. The van der Waals surface area contributed by atoms with Gasteiger partial charge < -0.3 is 5.73 Å². The van der Waals surface area contributed by atoms with Crippen LogP contribution in [0, 0.1) is 5.82 Å². The first-order chi connectivity index (χ1) is 7.58. The summed E-state index contributed by atoms with van der Waals surface area (Å²) in [4.78, 5) is 0.156. The minimum absolute atomic E-state index is 0.156. The molecule has 6 heteroatoms. The summed E-state index contributed by atoms with van der Waals surface area (Å²) in [6.07, 6.45) is 2.95. The molecule has 2 rings (SSSR count). The van der Waals surface area contributed by atoms with Gasteiger partial charge in [-0.15, -0.1) is 0 Å². The third-order valence-electron chi connectivity index (χ3n) is 2.03. The van der Waals surface area contributed by atoms with Crippen molar-refractivity contribution in [3.8, 4) is 5.69 Å². The van der Waals surface area contributed by atoms with Gasteiger partial charge in [0.05, 0.1) is 11.2 Å². The van der Waals surface area contributed by atoms with Gasteiger partial charge in [0.1, 0.15) is 16.5 Å². The van der Waals surface area contributed by atoms with E-state index >= 15 is 0 Å². The molecule has 0 atom stereocenters. The van der Waals surface area contributed by atoms with Crippen LogP contribution in [0.1, 0.15) is 5.56 Å². The number of thiocarbonyl (C=S) groups is 1. The second-order valence-electron chi connectivity index (χ2n) is 3.13. The Morgan fingerprint density at radius 3 is 2.75 bits per heavy atom. The molecule has 0 spiro atoms. The maximum absolute atomic E-state index is 13.7. The van der Waals surface area contributed by atoms with Crippen molar-refractivity contribution in [3.63, 3.8) is 0 Å².